The Balaban J connectivity index is 1.81. The zero-order chi connectivity index (χ0) is 23.1. The van der Waals surface area contributed by atoms with Gasteiger partial charge in [0.1, 0.15) is 11.6 Å². The van der Waals surface area contributed by atoms with Gasteiger partial charge in [-0.1, -0.05) is 42.5 Å². The number of hydrogen-bond donors (Lipinski definition) is 1. The number of methoxy groups -OCH3 is 1. The highest BCUT2D eigenvalue weighted by Gasteiger charge is 2.27. The molecule has 0 saturated carbocycles. The van der Waals surface area contributed by atoms with Gasteiger partial charge in [-0.2, -0.15) is 4.31 Å². The van der Waals surface area contributed by atoms with Gasteiger partial charge < -0.3 is 10.1 Å². The summed E-state index contributed by atoms with van der Waals surface area (Å²) >= 11 is 0. The first-order chi connectivity index (χ1) is 15.3. The van der Waals surface area contributed by atoms with Crippen LogP contribution in [0.15, 0.2) is 83.8 Å². The lowest BCUT2D eigenvalue weighted by Crippen LogP contribution is -2.41. The minimum absolute atomic E-state index is 0.0353. The number of rotatable bonds is 9. The SMILES string of the molecule is COc1ccc(S(=O)(=O)N(CC(=O)N[C@@H](C)c2ccc(F)cc2)Cc2ccccc2)cc1. The molecule has 0 aliphatic heterocycles. The Morgan fingerprint density at radius 3 is 2.22 bits per heavy atom. The summed E-state index contributed by atoms with van der Waals surface area (Å²) in [5.41, 5.74) is 1.47. The zero-order valence-electron chi connectivity index (χ0n) is 17.9. The molecule has 0 unspecified atom stereocenters. The van der Waals surface area contributed by atoms with Crippen molar-refractivity contribution in [2.75, 3.05) is 13.7 Å². The lowest BCUT2D eigenvalue weighted by molar-refractivity contribution is -0.122. The van der Waals surface area contributed by atoms with Crippen LogP contribution in [-0.2, 0) is 21.4 Å². The molecule has 1 atom stereocenters. The van der Waals surface area contributed by atoms with Crippen LogP contribution in [0.5, 0.6) is 5.75 Å². The third kappa shape index (κ3) is 5.93. The van der Waals surface area contributed by atoms with Gasteiger partial charge in [-0.05, 0) is 54.4 Å². The number of nitrogens with one attached hydrogen (secondary N) is 1. The van der Waals surface area contributed by atoms with Crippen molar-refractivity contribution in [2.45, 2.75) is 24.4 Å². The molecular weight excluding hydrogens is 431 g/mol. The van der Waals surface area contributed by atoms with E-state index in [4.69, 9.17) is 4.74 Å². The normalized spacial score (nSPS) is 12.4. The van der Waals surface area contributed by atoms with Crippen molar-refractivity contribution in [3.05, 3.63) is 95.8 Å². The van der Waals surface area contributed by atoms with Gasteiger partial charge in [0.15, 0.2) is 0 Å². The second kappa shape index (κ2) is 10.4. The van der Waals surface area contributed by atoms with E-state index in [1.165, 1.54) is 31.4 Å². The fourth-order valence-corrected chi connectivity index (χ4v) is 4.58. The number of halogens is 1. The molecule has 0 bridgehead atoms. The number of ether oxygens (including phenoxy) is 1. The summed E-state index contributed by atoms with van der Waals surface area (Å²) in [4.78, 5) is 12.8. The molecule has 0 aliphatic rings. The third-order valence-electron chi connectivity index (χ3n) is 4.97. The molecule has 168 valence electrons. The molecule has 0 fully saturated rings. The fourth-order valence-electron chi connectivity index (χ4n) is 3.19. The van der Waals surface area contributed by atoms with Crippen molar-refractivity contribution in [3.8, 4) is 5.75 Å². The predicted octanol–water partition coefficient (Wildman–Crippen LogP) is 3.90. The molecule has 3 rings (SSSR count). The highest BCUT2D eigenvalue weighted by molar-refractivity contribution is 7.89. The lowest BCUT2D eigenvalue weighted by atomic mass is 10.1. The van der Waals surface area contributed by atoms with E-state index in [2.05, 4.69) is 5.32 Å². The quantitative estimate of drug-likeness (QED) is 0.530. The average molecular weight is 457 g/mol. The molecule has 0 radical (unpaired) electrons. The molecule has 0 heterocycles. The molecule has 6 nitrogen and oxygen atoms in total. The van der Waals surface area contributed by atoms with Crippen LogP contribution in [-0.4, -0.2) is 32.3 Å². The lowest BCUT2D eigenvalue weighted by Gasteiger charge is -2.23. The number of sulfonamides is 1. The molecular formula is C24H25FN2O4S. The molecule has 0 aromatic heterocycles. The summed E-state index contributed by atoms with van der Waals surface area (Å²) < 4.78 is 46.1. The molecule has 1 N–H and O–H groups in total. The first kappa shape index (κ1) is 23.4. The monoisotopic (exact) mass is 456 g/mol. The van der Waals surface area contributed by atoms with E-state index in [1.807, 2.05) is 18.2 Å². The highest BCUT2D eigenvalue weighted by Crippen LogP contribution is 2.21. The highest BCUT2D eigenvalue weighted by atomic mass is 32.2. The van der Waals surface area contributed by atoms with Crippen molar-refractivity contribution in [3.63, 3.8) is 0 Å². The third-order valence-corrected chi connectivity index (χ3v) is 6.77. The Hall–Kier alpha value is -3.23. The van der Waals surface area contributed by atoms with Crippen LogP contribution in [0.2, 0.25) is 0 Å². The van der Waals surface area contributed by atoms with E-state index in [0.29, 0.717) is 11.3 Å². The molecule has 0 saturated heterocycles. The van der Waals surface area contributed by atoms with E-state index in [0.717, 1.165) is 9.87 Å². The molecule has 3 aromatic rings. The van der Waals surface area contributed by atoms with Crippen LogP contribution in [0.3, 0.4) is 0 Å². The number of hydrogen-bond acceptors (Lipinski definition) is 4. The maximum atomic E-state index is 13.3. The summed E-state index contributed by atoms with van der Waals surface area (Å²) in [6.07, 6.45) is 0. The van der Waals surface area contributed by atoms with Crippen molar-refractivity contribution < 1.29 is 22.3 Å². The van der Waals surface area contributed by atoms with Gasteiger partial charge in [-0.25, -0.2) is 12.8 Å². The standard InChI is InChI=1S/C24H25FN2O4S/c1-18(20-8-10-21(25)11-9-20)26-24(28)17-27(16-19-6-4-3-5-7-19)32(29,30)23-14-12-22(31-2)13-15-23/h3-15,18H,16-17H2,1-2H3,(H,26,28)/t18-/m0/s1. The molecule has 1 amide bonds. The number of nitrogens with zero attached hydrogens (tertiary/aromatic N) is 1. The number of amides is 1. The summed E-state index contributed by atoms with van der Waals surface area (Å²) in [5.74, 6) is -0.300. The Kier molecular flexibility index (Phi) is 7.61. The zero-order valence-corrected chi connectivity index (χ0v) is 18.7. The van der Waals surface area contributed by atoms with Gasteiger partial charge in [0.25, 0.3) is 0 Å². The van der Waals surface area contributed by atoms with E-state index >= 15 is 0 Å². The number of carbonyl (C=O) groups is 1. The van der Waals surface area contributed by atoms with Crippen LogP contribution in [0.25, 0.3) is 0 Å². The summed E-state index contributed by atoms with van der Waals surface area (Å²) in [6.45, 7) is 1.42. The fraction of sp³-hybridized carbons (Fsp3) is 0.208. The topological polar surface area (TPSA) is 75.7 Å². The Bertz CT molecular complexity index is 1130. The van der Waals surface area contributed by atoms with E-state index in [-0.39, 0.29) is 23.8 Å². The minimum Gasteiger partial charge on any atom is -0.497 e. The number of benzene rings is 3. The molecule has 0 spiro atoms. The maximum Gasteiger partial charge on any atom is 0.243 e. The minimum atomic E-state index is -3.96. The largest absolute Gasteiger partial charge is 0.497 e. The maximum absolute atomic E-state index is 13.3. The van der Waals surface area contributed by atoms with Crippen molar-refractivity contribution in [1.82, 2.24) is 9.62 Å². The average Bonchev–Trinajstić information content (AvgIpc) is 2.79. The first-order valence-corrected chi connectivity index (χ1v) is 11.5. The van der Waals surface area contributed by atoms with E-state index in [1.54, 1.807) is 43.3 Å². The smallest absolute Gasteiger partial charge is 0.243 e. The number of carbonyl (C=O) groups excluding carboxylic acids is 1. The second-order valence-corrected chi connectivity index (χ2v) is 9.21. The Morgan fingerprint density at radius 2 is 1.62 bits per heavy atom. The van der Waals surface area contributed by atoms with Crippen molar-refractivity contribution in [2.24, 2.45) is 0 Å². The van der Waals surface area contributed by atoms with Crippen LogP contribution < -0.4 is 10.1 Å². The van der Waals surface area contributed by atoms with Gasteiger partial charge in [0.05, 0.1) is 24.6 Å². The van der Waals surface area contributed by atoms with Gasteiger partial charge in [-0.15, -0.1) is 0 Å². The Morgan fingerprint density at radius 1 is 1.00 bits per heavy atom. The van der Waals surface area contributed by atoms with Gasteiger partial charge >= 0.3 is 0 Å². The summed E-state index contributed by atoms with van der Waals surface area (Å²) in [7, 11) is -2.46. The van der Waals surface area contributed by atoms with Crippen molar-refractivity contribution >= 4 is 15.9 Å². The van der Waals surface area contributed by atoms with Gasteiger partial charge in [0, 0.05) is 6.54 Å². The molecule has 3 aromatic carbocycles. The second-order valence-electron chi connectivity index (χ2n) is 7.27. The summed E-state index contributed by atoms with van der Waals surface area (Å²) in [6, 6.07) is 20.5. The summed E-state index contributed by atoms with van der Waals surface area (Å²) in [5, 5.41) is 2.79. The predicted molar refractivity (Wildman–Crippen MR) is 120 cm³/mol. The van der Waals surface area contributed by atoms with Crippen LogP contribution in [0.1, 0.15) is 24.1 Å². The first-order valence-electron chi connectivity index (χ1n) is 10.0. The van der Waals surface area contributed by atoms with Gasteiger partial charge in [-0.3, -0.25) is 4.79 Å². The molecule has 8 heteroatoms. The van der Waals surface area contributed by atoms with E-state index in [9.17, 15) is 17.6 Å². The Labute approximate surface area is 187 Å². The van der Waals surface area contributed by atoms with E-state index < -0.39 is 22.0 Å². The van der Waals surface area contributed by atoms with Crippen LogP contribution in [0.4, 0.5) is 4.39 Å². The van der Waals surface area contributed by atoms with Crippen molar-refractivity contribution in [1.29, 1.82) is 0 Å². The van der Waals surface area contributed by atoms with Crippen LogP contribution in [0, 0.1) is 5.82 Å². The molecule has 0 aliphatic carbocycles. The molecule has 32 heavy (non-hydrogen) atoms. The van der Waals surface area contributed by atoms with Crippen LogP contribution >= 0.6 is 0 Å². The van der Waals surface area contributed by atoms with Gasteiger partial charge in [0.2, 0.25) is 15.9 Å².